The number of nitrogens with zero attached hydrogens (tertiary/aromatic N) is 1. The lowest BCUT2D eigenvalue weighted by molar-refractivity contribution is -0.155. The summed E-state index contributed by atoms with van der Waals surface area (Å²) in [6, 6.07) is -0.767. The van der Waals surface area contributed by atoms with E-state index in [0.717, 1.165) is 0 Å². The number of nitrogens with one attached hydrogen (secondary N) is 2. The lowest BCUT2D eigenvalue weighted by Gasteiger charge is -2.28. The first-order valence-electron chi connectivity index (χ1n) is 3.38. The van der Waals surface area contributed by atoms with Gasteiger partial charge in [-0.05, 0) is 0 Å². The zero-order valence-corrected chi connectivity index (χ0v) is 6.80. The van der Waals surface area contributed by atoms with Crippen molar-refractivity contribution in [2.24, 2.45) is 0 Å². The number of hydroxylamine groups is 2. The van der Waals surface area contributed by atoms with Crippen molar-refractivity contribution in [1.82, 2.24) is 15.7 Å². The normalized spacial score (nSPS) is 34.9. The van der Waals surface area contributed by atoms with Crippen LogP contribution in [-0.4, -0.2) is 39.5 Å². The van der Waals surface area contributed by atoms with E-state index in [2.05, 4.69) is 10.6 Å². The van der Waals surface area contributed by atoms with E-state index in [1.54, 1.807) is 0 Å². The van der Waals surface area contributed by atoms with E-state index >= 15 is 0 Å². The molecule has 2 aliphatic heterocycles. The van der Waals surface area contributed by atoms with Crippen LogP contribution in [0.1, 0.15) is 0 Å². The molecule has 66 valence electrons. The fourth-order valence-electron chi connectivity index (χ4n) is 1.19. The molecule has 2 rings (SSSR count). The minimum absolute atomic E-state index is 0.126. The number of carbonyl (C=O) groups excluding carboxylic acids is 2. The molecule has 12 heavy (non-hydrogen) atoms. The Morgan fingerprint density at radius 1 is 1.58 bits per heavy atom. The Labute approximate surface area is 72.2 Å². The van der Waals surface area contributed by atoms with Crippen LogP contribution in [0.2, 0.25) is 0 Å². The van der Waals surface area contributed by atoms with Crippen LogP contribution in [0.5, 0.6) is 0 Å². The highest BCUT2D eigenvalue weighted by molar-refractivity contribution is 8.00. The molecule has 0 spiro atoms. The lowest BCUT2D eigenvalue weighted by Crippen LogP contribution is -2.62. The number of imide groups is 1. The summed E-state index contributed by atoms with van der Waals surface area (Å²) in [6.07, 6.45) is -0.335. The highest BCUT2D eigenvalue weighted by atomic mass is 32.2. The van der Waals surface area contributed by atoms with Gasteiger partial charge >= 0.3 is 6.03 Å². The Morgan fingerprint density at radius 3 is 3.08 bits per heavy atom. The third-order valence-electron chi connectivity index (χ3n) is 1.79. The molecule has 2 unspecified atom stereocenters. The number of carbonyl (C=O) groups is 2. The Balaban J connectivity index is 2.21. The van der Waals surface area contributed by atoms with Crippen LogP contribution >= 0.6 is 11.8 Å². The molecule has 0 aliphatic carbocycles. The second-order valence-electron chi connectivity index (χ2n) is 2.51. The average Bonchev–Trinajstić information content (AvgIpc) is 2.48. The molecule has 2 fully saturated rings. The van der Waals surface area contributed by atoms with Crippen molar-refractivity contribution in [2.45, 2.75) is 11.4 Å². The van der Waals surface area contributed by atoms with Crippen molar-refractivity contribution in [3.05, 3.63) is 0 Å². The van der Waals surface area contributed by atoms with E-state index < -0.39 is 17.2 Å². The second-order valence-corrected chi connectivity index (χ2v) is 3.64. The monoisotopic (exact) mass is 189 g/mol. The maximum atomic E-state index is 11.2. The summed E-state index contributed by atoms with van der Waals surface area (Å²) in [4.78, 5) is 22.0. The Kier molecular flexibility index (Phi) is 1.71. The van der Waals surface area contributed by atoms with Crippen LogP contribution < -0.4 is 10.6 Å². The van der Waals surface area contributed by atoms with E-state index in [1.165, 1.54) is 11.8 Å². The quantitative estimate of drug-likeness (QED) is 0.422. The predicted molar refractivity (Wildman–Crippen MR) is 40.3 cm³/mol. The third-order valence-corrected chi connectivity index (χ3v) is 2.96. The van der Waals surface area contributed by atoms with Crippen LogP contribution in [0.15, 0.2) is 0 Å². The average molecular weight is 189 g/mol. The molecule has 2 aliphatic rings. The standard InChI is InChI=1S/C5H7N3O3S/c9-4-2-3(6-1-12-2)7-5(10)8(4)11/h2-3,6,11H,1H2,(H,7,10). The topological polar surface area (TPSA) is 81.7 Å². The van der Waals surface area contributed by atoms with Gasteiger partial charge in [-0.3, -0.25) is 15.3 Å². The first-order chi connectivity index (χ1) is 5.70. The molecule has 2 heterocycles. The number of rotatable bonds is 0. The van der Waals surface area contributed by atoms with Gasteiger partial charge in [0.25, 0.3) is 5.91 Å². The van der Waals surface area contributed by atoms with E-state index in [9.17, 15) is 9.59 Å². The summed E-state index contributed by atoms with van der Waals surface area (Å²) in [5.74, 6) is 0.0496. The summed E-state index contributed by atoms with van der Waals surface area (Å²) in [6.45, 7) is 0. The van der Waals surface area contributed by atoms with Crippen molar-refractivity contribution in [2.75, 3.05) is 5.88 Å². The summed E-state index contributed by atoms with van der Waals surface area (Å²) < 4.78 is 0. The van der Waals surface area contributed by atoms with E-state index in [-0.39, 0.29) is 11.2 Å². The van der Waals surface area contributed by atoms with E-state index in [0.29, 0.717) is 5.88 Å². The molecule has 0 saturated carbocycles. The molecule has 0 aromatic carbocycles. The van der Waals surface area contributed by atoms with Crippen molar-refractivity contribution in [1.29, 1.82) is 0 Å². The predicted octanol–water partition coefficient (Wildman–Crippen LogP) is -1.08. The first kappa shape index (κ1) is 7.84. The van der Waals surface area contributed by atoms with Crippen LogP contribution in [-0.2, 0) is 4.79 Å². The van der Waals surface area contributed by atoms with Crippen LogP contribution in [0.4, 0.5) is 4.79 Å². The van der Waals surface area contributed by atoms with Crippen molar-refractivity contribution in [3.8, 4) is 0 Å². The zero-order chi connectivity index (χ0) is 8.72. The Bertz CT molecular complexity index is 246. The highest BCUT2D eigenvalue weighted by Crippen LogP contribution is 2.23. The highest BCUT2D eigenvalue weighted by Gasteiger charge is 2.43. The van der Waals surface area contributed by atoms with Gasteiger partial charge in [-0.25, -0.2) is 4.79 Å². The summed E-state index contributed by atoms with van der Waals surface area (Å²) in [7, 11) is 0. The Morgan fingerprint density at radius 2 is 2.33 bits per heavy atom. The van der Waals surface area contributed by atoms with Gasteiger partial charge in [0.2, 0.25) is 0 Å². The molecule has 6 nitrogen and oxygen atoms in total. The number of fused-ring (bicyclic) bond motifs is 1. The third kappa shape index (κ3) is 0.977. The molecule has 7 heteroatoms. The number of amides is 3. The Hall–Kier alpha value is -0.790. The fourth-order valence-corrected chi connectivity index (χ4v) is 2.24. The van der Waals surface area contributed by atoms with Gasteiger partial charge in [-0.2, -0.15) is 0 Å². The van der Waals surface area contributed by atoms with Gasteiger partial charge in [0, 0.05) is 5.88 Å². The van der Waals surface area contributed by atoms with Crippen LogP contribution in [0.25, 0.3) is 0 Å². The molecule has 0 radical (unpaired) electrons. The molecule has 0 aromatic rings. The van der Waals surface area contributed by atoms with Crippen LogP contribution in [0, 0.1) is 0 Å². The second kappa shape index (κ2) is 2.61. The summed E-state index contributed by atoms with van der Waals surface area (Å²) in [5, 5.41) is 14.0. The zero-order valence-electron chi connectivity index (χ0n) is 5.98. The molecule has 3 amide bonds. The SMILES string of the molecule is O=C1NC2NCSC2C(=O)N1O. The maximum absolute atomic E-state index is 11.2. The van der Waals surface area contributed by atoms with Crippen molar-refractivity contribution < 1.29 is 14.8 Å². The molecular formula is C5H7N3O3S. The fraction of sp³-hybridized carbons (Fsp3) is 0.600. The van der Waals surface area contributed by atoms with Gasteiger partial charge in [0.05, 0.1) is 0 Å². The van der Waals surface area contributed by atoms with Crippen molar-refractivity contribution >= 4 is 23.7 Å². The van der Waals surface area contributed by atoms with Gasteiger partial charge in [0.15, 0.2) is 0 Å². The number of hydrogen-bond donors (Lipinski definition) is 3. The number of urea groups is 1. The minimum atomic E-state index is -0.767. The molecule has 0 bridgehead atoms. The van der Waals surface area contributed by atoms with Crippen LogP contribution in [0.3, 0.4) is 0 Å². The number of thioether (sulfide) groups is 1. The molecular weight excluding hydrogens is 182 g/mol. The van der Waals surface area contributed by atoms with Gasteiger partial charge in [0.1, 0.15) is 11.4 Å². The van der Waals surface area contributed by atoms with E-state index in [1.807, 2.05) is 0 Å². The molecule has 3 N–H and O–H groups in total. The van der Waals surface area contributed by atoms with E-state index in [4.69, 9.17) is 5.21 Å². The maximum Gasteiger partial charge on any atom is 0.349 e. The van der Waals surface area contributed by atoms with Gasteiger partial charge in [-0.1, -0.05) is 0 Å². The van der Waals surface area contributed by atoms with Crippen molar-refractivity contribution in [3.63, 3.8) is 0 Å². The number of hydrogen-bond acceptors (Lipinski definition) is 5. The lowest BCUT2D eigenvalue weighted by atomic mass is 10.2. The summed E-state index contributed by atoms with van der Waals surface area (Å²) >= 11 is 1.36. The van der Waals surface area contributed by atoms with Gasteiger partial charge < -0.3 is 5.32 Å². The summed E-state index contributed by atoms with van der Waals surface area (Å²) in [5.41, 5.74) is 0. The molecule has 2 saturated heterocycles. The van der Waals surface area contributed by atoms with Gasteiger partial charge in [-0.15, -0.1) is 16.8 Å². The smallest absolute Gasteiger partial charge is 0.319 e. The largest absolute Gasteiger partial charge is 0.349 e. The first-order valence-corrected chi connectivity index (χ1v) is 4.43. The molecule has 0 aromatic heterocycles. The minimum Gasteiger partial charge on any atom is -0.319 e. The molecule has 2 atom stereocenters.